The Bertz CT molecular complexity index is 1090. The lowest BCUT2D eigenvalue weighted by atomic mass is 10.1. The van der Waals surface area contributed by atoms with Gasteiger partial charge in [-0.05, 0) is 35.9 Å². The third kappa shape index (κ3) is 4.03. The van der Waals surface area contributed by atoms with Crippen molar-refractivity contribution in [3.05, 3.63) is 83.3 Å². The average Bonchev–Trinajstić information content (AvgIpc) is 3.34. The van der Waals surface area contributed by atoms with Crippen LogP contribution in [0.5, 0.6) is 6.08 Å². The molecule has 0 N–H and O–H groups in total. The molecule has 4 rings (SSSR count). The zero-order valence-corrected chi connectivity index (χ0v) is 14.2. The van der Waals surface area contributed by atoms with Gasteiger partial charge in [0.1, 0.15) is 24.4 Å². The third-order valence-electron chi connectivity index (χ3n) is 3.79. The Morgan fingerprint density at radius 1 is 0.929 bits per heavy atom. The number of nitrogens with zero attached hydrogens (tertiary/aromatic N) is 3. The molecule has 142 valence electrons. The van der Waals surface area contributed by atoms with Crippen LogP contribution in [0.3, 0.4) is 0 Å². The number of halogens is 3. The molecule has 0 spiro atoms. The molecule has 2 aromatic heterocycles. The summed E-state index contributed by atoms with van der Waals surface area (Å²) in [5.41, 5.74) is 1.52. The number of benzene rings is 2. The lowest BCUT2D eigenvalue weighted by Crippen LogP contribution is -1.97. The van der Waals surface area contributed by atoms with Crippen LogP contribution >= 0.6 is 0 Å². The molecule has 2 heterocycles. The first-order valence-corrected chi connectivity index (χ1v) is 8.16. The molecule has 0 bridgehead atoms. The molecule has 0 aliphatic heterocycles. The zero-order valence-electron chi connectivity index (χ0n) is 14.2. The van der Waals surface area contributed by atoms with E-state index in [-0.39, 0.29) is 24.4 Å². The minimum absolute atomic E-state index is 0.0225. The van der Waals surface area contributed by atoms with Gasteiger partial charge in [0.2, 0.25) is 5.89 Å². The van der Waals surface area contributed by atoms with Crippen LogP contribution in [-0.2, 0) is 13.0 Å². The van der Waals surface area contributed by atoms with Crippen LogP contribution in [0.2, 0.25) is 0 Å². The quantitative estimate of drug-likeness (QED) is 0.491. The maximum Gasteiger partial charge on any atom is 0.417 e. The smallest absolute Gasteiger partial charge is 0.417 e. The van der Waals surface area contributed by atoms with Crippen LogP contribution in [0, 0.1) is 17.5 Å². The van der Waals surface area contributed by atoms with E-state index in [1.54, 1.807) is 12.1 Å². The molecule has 4 aromatic rings. The average molecular weight is 387 g/mol. The molecule has 28 heavy (non-hydrogen) atoms. The molecule has 0 unspecified atom stereocenters. The summed E-state index contributed by atoms with van der Waals surface area (Å²) in [6.07, 6.45) is 1.62. The first-order chi connectivity index (χ1) is 13.6. The summed E-state index contributed by atoms with van der Waals surface area (Å²) in [6, 6.07) is 9.29. The highest BCUT2D eigenvalue weighted by Gasteiger charge is 2.13. The fourth-order valence-corrected chi connectivity index (χ4v) is 2.42. The summed E-state index contributed by atoms with van der Waals surface area (Å²) in [6.45, 7) is -0.0225. The molecule has 0 atom stereocenters. The molecule has 9 heteroatoms. The third-order valence-corrected chi connectivity index (χ3v) is 3.79. The molecule has 0 amide bonds. The van der Waals surface area contributed by atoms with Crippen molar-refractivity contribution in [2.75, 3.05) is 0 Å². The summed E-state index contributed by atoms with van der Waals surface area (Å²) >= 11 is 0. The predicted molar refractivity (Wildman–Crippen MR) is 89.7 cm³/mol. The van der Waals surface area contributed by atoms with E-state index in [2.05, 4.69) is 15.1 Å². The predicted octanol–water partition coefficient (Wildman–Crippen LogP) is 4.31. The second kappa shape index (κ2) is 7.55. The summed E-state index contributed by atoms with van der Waals surface area (Å²) < 4.78 is 54.8. The number of hydrogen-bond donors (Lipinski definition) is 0. The molecule has 0 saturated carbocycles. The number of hydrogen-bond acceptors (Lipinski definition) is 6. The lowest BCUT2D eigenvalue weighted by Gasteiger charge is -1.97. The maximum absolute atomic E-state index is 13.3. The summed E-state index contributed by atoms with van der Waals surface area (Å²) in [5, 5.41) is 3.79. The van der Waals surface area contributed by atoms with Gasteiger partial charge in [-0.2, -0.15) is 4.98 Å². The first kappa shape index (κ1) is 17.8. The van der Waals surface area contributed by atoms with Crippen molar-refractivity contribution in [3.63, 3.8) is 0 Å². The van der Waals surface area contributed by atoms with E-state index >= 15 is 0 Å². The van der Waals surface area contributed by atoms with Crippen LogP contribution in [0.1, 0.15) is 17.1 Å². The van der Waals surface area contributed by atoms with Crippen molar-refractivity contribution < 1.29 is 26.8 Å². The van der Waals surface area contributed by atoms with Crippen LogP contribution in [-0.4, -0.2) is 15.1 Å². The lowest BCUT2D eigenvalue weighted by molar-refractivity contribution is 0.192. The van der Waals surface area contributed by atoms with E-state index in [1.165, 1.54) is 24.5 Å². The fourth-order valence-electron chi connectivity index (χ4n) is 2.42. The fraction of sp³-hybridized carbons (Fsp3) is 0.105. The Balaban J connectivity index is 1.37. The summed E-state index contributed by atoms with van der Waals surface area (Å²) in [7, 11) is 0. The van der Waals surface area contributed by atoms with Gasteiger partial charge in [-0.3, -0.25) is 4.52 Å². The molecule has 0 aliphatic rings. The molecule has 0 aliphatic carbocycles. The minimum atomic E-state index is -0.993. The topological polar surface area (TPSA) is 74.2 Å². The van der Waals surface area contributed by atoms with Crippen LogP contribution in [0.4, 0.5) is 13.2 Å². The van der Waals surface area contributed by atoms with Crippen LogP contribution in [0.15, 0.2) is 57.7 Å². The second-order valence-corrected chi connectivity index (χ2v) is 5.84. The Morgan fingerprint density at radius 3 is 2.54 bits per heavy atom. The van der Waals surface area contributed by atoms with Gasteiger partial charge in [-0.1, -0.05) is 17.3 Å². The first-order valence-electron chi connectivity index (χ1n) is 8.16. The van der Waals surface area contributed by atoms with Crippen molar-refractivity contribution in [1.29, 1.82) is 0 Å². The van der Waals surface area contributed by atoms with Crippen molar-refractivity contribution >= 4 is 0 Å². The van der Waals surface area contributed by atoms with Gasteiger partial charge >= 0.3 is 6.08 Å². The van der Waals surface area contributed by atoms with Gasteiger partial charge in [0.25, 0.3) is 0 Å². The number of oxazole rings is 1. The number of aromatic nitrogens is 3. The molecule has 2 aromatic carbocycles. The van der Waals surface area contributed by atoms with Crippen molar-refractivity contribution in [2.24, 2.45) is 0 Å². The van der Waals surface area contributed by atoms with E-state index in [1.807, 2.05) is 0 Å². The van der Waals surface area contributed by atoms with Crippen LogP contribution in [0.25, 0.3) is 11.5 Å². The van der Waals surface area contributed by atoms with Crippen molar-refractivity contribution in [2.45, 2.75) is 13.0 Å². The highest BCUT2D eigenvalue weighted by molar-refractivity contribution is 5.53. The minimum Gasteiger partial charge on any atom is -0.444 e. The molecular formula is C19H12F3N3O3. The second-order valence-electron chi connectivity index (χ2n) is 5.84. The molecule has 0 radical (unpaired) electrons. The number of ether oxygens (including phenoxy) is 1. The van der Waals surface area contributed by atoms with Gasteiger partial charge in [-0.15, -0.1) is 0 Å². The van der Waals surface area contributed by atoms with E-state index in [4.69, 9.17) is 13.7 Å². The molecule has 0 saturated heterocycles. The summed E-state index contributed by atoms with van der Waals surface area (Å²) in [4.78, 5) is 8.23. The van der Waals surface area contributed by atoms with Gasteiger partial charge < -0.3 is 9.15 Å². The van der Waals surface area contributed by atoms with E-state index in [0.29, 0.717) is 23.5 Å². The van der Waals surface area contributed by atoms with Crippen molar-refractivity contribution in [3.8, 4) is 17.5 Å². The van der Waals surface area contributed by atoms with E-state index < -0.39 is 11.6 Å². The monoisotopic (exact) mass is 387 g/mol. The molecular weight excluding hydrogens is 375 g/mol. The van der Waals surface area contributed by atoms with Gasteiger partial charge in [0.15, 0.2) is 17.5 Å². The van der Waals surface area contributed by atoms with Crippen molar-refractivity contribution in [1.82, 2.24) is 15.1 Å². The Labute approximate surface area is 156 Å². The Hall–Kier alpha value is -3.62. The van der Waals surface area contributed by atoms with Gasteiger partial charge in [-0.25, -0.2) is 18.2 Å². The molecule has 6 nitrogen and oxygen atoms in total. The van der Waals surface area contributed by atoms with Gasteiger partial charge in [0, 0.05) is 12.0 Å². The molecule has 0 fully saturated rings. The largest absolute Gasteiger partial charge is 0.444 e. The normalized spacial score (nSPS) is 11.0. The zero-order chi connectivity index (χ0) is 19.5. The maximum atomic E-state index is 13.3. The Kier molecular flexibility index (Phi) is 4.79. The summed E-state index contributed by atoms with van der Waals surface area (Å²) in [5.74, 6) is -1.76. The highest BCUT2D eigenvalue weighted by Crippen LogP contribution is 2.21. The van der Waals surface area contributed by atoms with E-state index in [0.717, 1.165) is 17.7 Å². The van der Waals surface area contributed by atoms with Crippen LogP contribution < -0.4 is 4.74 Å². The standard InChI is InChI=1S/C19H12F3N3O3/c20-13-4-1-11(2-5-13)7-17-24-19(28-25-17)27-10-14-9-26-18(23-14)12-3-6-15(21)16(22)8-12/h1-6,8-9H,7,10H2. The van der Waals surface area contributed by atoms with Gasteiger partial charge in [0.05, 0.1) is 0 Å². The SMILES string of the molecule is Fc1ccc(Cc2noc(OCc3coc(-c4ccc(F)c(F)c4)n3)n2)cc1. The van der Waals surface area contributed by atoms with E-state index in [9.17, 15) is 13.2 Å². The number of rotatable bonds is 6. The Morgan fingerprint density at radius 2 is 1.75 bits per heavy atom. The highest BCUT2D eigenvalue weighted by atomic mass is 19.2.